The molecule has 0 heterocycles. The standard InChI is InChI=1S/C20H19ClF2N2O7/c1-29-13-5-11(6-14(8-13)30-2)19(28)24-9-18(27)31-10-17(26)25-12-3-4-16(15(21)7-12)32-20(22)23/h3-8,20H,9-10H2,1-2H3,(H,24,28)(H,25,26). The fraction of sp³-hybridized carbons (Fsp3) is 0.250. The van der Waals surface area contributed by atoms with Gasteiger partial charge in [-0.05, 0) is 30.3 Å². The highest BCUT2D eigenvalue weighted by atomic mass is 35.5. The molecule has 0 radical (unpaired) electrons. The summed E-state index contributed by atoms with van der Waals surface area (Å²) >= 11 is 5.79. The molecular weight excluding hydrogens is 454 g/mol. The number of hydrogen-bond donors (Lipinski definition) is 2. The van der Waals surface area contributed by atoms with Gasteiger partial charge < -0.3 is 29.6 Å². The lowest BCUT2D eigenvalue weighted by molar-refractivity contribution is -0.146. The fourth-order valence-corrected chi connectivity index (χ4v) is 2.58. The van der Waals surface area contributed by atoms with E-state index in [1.165, 1.54) is 38.5 Å². The molecule has 2 aromatic rings. The van der Waals surface area contributed by atoms with E-state index in [4.69, 9.17) is 25.8 Å². The molecule has 2 aromatic carbocycles. The number of hydrogen-bond acceptors (Lipinski definition) is 7. The van der Waals surface area contributed by atoms with Crippen LogP contribution in [0.1, 0.15) is 10.4 Å². The zero-order valence-electron chi connectivity index (χ0n) is 16.9. The number of benzene rings is 2. The number of carbonyl (C=O) groups excluding carboxylic acids is 3. The van der Waals surface area contributed by atoms with Gasteiger partial charge in [-0.2, -0.15) is 8.78 Å². The topological polar surface area (TPSA) is 112 Å². The number of alkyl halides is 2. The van der Waals surface area contributed by atoms with E-state index in [2.05, 4.69) is 15.4 Å². The number of anilines is 1. The monoisotopic (exact) mass is 472 g/mol. The molecule has 0 aliphatic carbocycles. The van der Waals surface area contributed by atoms with Crippen LogP contribution in [0.4, 0.5) is 14.5 Å². The Morgan fingerprint density at radius 3 is 2.25 bits per heavy atom. The molecular formula is C20H19ClF2N2O7. The summed E-state index contributed by atoms with van der Waals surface area (Å²) in [6.07, 6.45) is 0. The summed E-state index contributed by atoms with van der Waals surface area (Å²) in [5, 5.41) is 4.59. The van der Waals surface area contributed by atoms with Gasteiger partial charge in [0.15, 0.2) is 6.61 Å². The highest BCUT2D eigenvalue weighted by molar-refractivity contribution is 6.32. The van der Waals surface area contributed by atoms with Gasteiger partial charge in [-0.25, -0.2) is 0 Å². The Morgan fingerprint density at radius 2 is 1.69 bits per heavy atom. The Labute approximate surface area is 186 Å². The molecule has 0 aromatic heterocycles. The first-order chi connectivity index (χ1) is 15.2. The molecule has 2 N–H and O–H groups in total. The van der Waals surface area contributed by atoms with Gasteiger partial charge in [-0.15, -0.1) is 0 Å². The summed E-state index contributed by atoms with van der Waals surface area (Å²) in [4.78, 5) is 35.9. The van der Waals surface area contributed by atoms with Gasteiger partial charge >= 0.3 is 12.6 Å². The first-order valence-corrected chi connectivity index (χ1v) is 9.30. The van der Waals surface area contributed by atoms with Gasteiger partial charge in [0, 0.05) is 17.3 Å². The number of amides is 2. The van der Waals surface area contributed by atoms with Crippen LogP contribution in [-0.4, -0.2) is 51.8 Å². The maximum absolute atomic E-state index is 12.2. The third-order valence-corrected chi connectivity index (χ3v) is 4.10. The third-order valence-electron chi connectivity index (χ3n) is 3.80. The summed E-state index contributed by atoms with van der Waals surface area (Å²) in [5.41, 5.74) is 0.376. The summed E-state index contributed by atoms with van der Waals surface area (Å²) in [6.45, 7) is -4.18. The summed E-state index contributed by atoms with van der Waals surface area (Å²) in [5.74, 6) is -1.62. The van der Waals surface area contributed by atoms with Crippen molar-refractivity contribution >= 4 is 35.1 Å². The van der Waals surface area contributed by atoms with E-state index >= 15 is 0 Å². The van der Waals surface area contributed by atoms with E-state index in [1.54, 1.807) is 6.07 Å². The van der Waals surface area contributed by atoms with E-state index in [1.807, 2.05) is 0 Å². The molecule has 0 atom stereocenters. The number of carbonyl (C=O) groups is 3. The summed E-state index contributed by atoms with van der Waals surface area (Å²) in [7, 11) is 2.86. The average molecular weight is 473 g/mol. The average Bonchev–Trinajstić information content (AvgIpc) is 2.77. The van der Waals surface area contributed by atoms with Gasteiger partial charge in [0.05, 0.1) is 19.2 Å². The van der Waals surface area contributed by atoms with Crippen molar-refractivity contribution in [2.45, 2.75) is 6.61 Å². The van der Waals surface area contributed by atoms with Crippen molar-refractivity contribution in [1.29, 1.82) is 0 Å². The summed E-state index contributed by atoms with van der Waals surface area (Å²) < 4.78 is 43.6. The smallest absolute Gasteiger partial charge is 0.387 e. The number of ether oxygens (including phenoxy) is 4. The van der Waals surface area contributed by atoms with E-state index in [0.29, 0.717) is 11.5 Å². The second-order valence-electron chi connectivity index (χ2n) is 6.02. The first-order valence-electron chi connectivity index (χ1n) is 8.93. The number of rotatable bonds is 10. The largest absolute Gasteiger partial charge is 0.497 e. The van der Waals surface area contributed by atoms with E-state index in [9.17, 15) is 23.2 Å². The number of methoxy groups -OCH3 is 2. The molecule has 0 unspecified atom stereocenters. The van der Waals surface area contributed by atoms with Gasteiger partial charge in [0.2, 0.25) is 0 Å². The Bertz CT molecular complexity index is 966. The highest BCUT2D eigenvalue weighted by Crippen LogP contribution is 2.29. The van der Waals surface area contributed by atoms with Crippen LogP contribution in [0.25, 0.3) is 0 Å². The zero-order chi connectivity index (χ0) is 23.7. The van der Waals surface area contributed by atoms with E-state index < -0.39 is 37.5 Å². The Morgan fingerprint density at radius 1 is 1.03 bits per heavy atom. The molecule has 12 heteroatoms. The fourth-order valence-electron chi connectivity index (χ4n) is 2.36. The molecule has 0 fully saturated rings. The number of halogens is 3. The summed E-state index contributed by atoms with van der Waals surface area (Å²) in [6, 6.07) is 8.13. The van der Waals surface area contributed by atoms with Crippen LogP contribution in [0.15, 0.2) is 36.4 Å². The molecule has 2 rings (SSSR count). The molecule has 0 spiro atoms. The number of esters is 1. The predicted molar refractivity (Wildman–Crippen MR) is 110 cm³/mol. The minimum absolute atomic E-state index is 0.142. The maximum atomic E-state index is 12.2. The van der Waals surface area contributed by atoms with Crippen LogP contribution in [0.5, 0.6) is 17.2 Å². The molecule has 32 heavy (non-hydrogen) atoms. The first kappa shape index (κ1) is 24.7. The van der Waals surface area contributed by atoms with Gasteiger partial charge in [0.25, 0.3) is 11.8 Å². The van der Waals surface area contributed by atoms with Crippen molar-refractivity contribution in [2.75, 3.05) is 32.7 Å². The predicted octanol–water partition coefficient (Wildman–Crippen LogP) is 2.87. The van der Waals surface area contributed by atoms with Crippen LogP contribution < -0.4 is 24.8 Å². The lowest BCUT2D eigenvalue weighted by Crippen LogP contribution is -2.32. The van der Waals surface area contributed by atoms with Crippen molar-refractivity contribution in [3.8, 4) is 17.2 Å². The molecule has 0 aliphatic heterocycles. The Balaban J connectivity index is 1.81. The molecule has 2 amide bonds. The molecule has 0 bridgehead atoms. The van der Waals surface area contributed by atoms with Crippen LogP contribution in [0, 0.1) is 0 Å². The van der Waals surface area contributed by atoms with Crippen LogP contribution in [0.3, 0.4) is 0 Å². The highest BCUT2D eigenvalue weighted by Gasteiger charge is 2.14. The Kier molecular flexibility index (Phi) is 9.02. The second-order valence-corrected chi connectivity index (χ2v) is 6.42. The number of nitrogens with one attached hydrogen (secondary N) is 2. The van der Waals surface area contributed by atoms with Crippen molar-refractivity contribution in [2.24, 2.45) is 0 Å². The van der Waals surface area contributed by atoms with Crippen LogP contribution >= 0.6 is 11.6 Å². The molecule has 0 saturated carbocycles. The SMILES string of the molecule is COc1cc(OC)cc(C(=O)NCC(=O)OCC(=O)Nc2ccc(OC(F)F)c(Cl)c2)c1. The zero-order valence-corrected chi connectivity index (χ0v) is 17.7. The van der Waals surface area contributed by atoms with Gasteiger partial charge in [-0.3, -0.25) is 14.4 Å². The van der Waals surface area contributed by atoms with Gasteiger partial charge in [0.1, 0.15) is 23.8 Å². The molecule has 0 aliphatic rings. The van der Waals surface area contributed by atoms with Crippen molar-refractivity contribution in [3.05, 3.63) is 47.0 Å². The normalized spacial score (nSPS) is 10.3. The Hall–Kier alpha value is -3.60. The second kappa shape index (κ2) is 11.7. The molecule has 172 valence electrons. The van der Waals surface area contributed by atoms with Crippen molar-refractivity contribution in [1.82, 2.24) is 5.32 Å². The lowest BCUT2D eigenvalue weighted by atomic mass is 10.2. The third kappa shape index (κ3) is 7.58. The van der Waals surface area contributed by atoms with Crippen molar-refractivity contribution < 1.29 is 42.1 Å². The lowest BCUT2D eigenvalue weighted by Gasteiger charge is -2.10. The minimum Gasteiger partial charge on any atom is -0.497 e. The van der Waals surface area contributed by atoms with E-state index in [0.717, 1.165) is 6.07 Å². The maximum Gasteiger partial charge on any atom is 0.387 e. The van der Waals surface area contributed by atoms with Crippen molar-refractivity contribution in [3.63, 3.8) is 0 Å². The molecule has 9 nitrogen and oxygen atoms in total. The van der Waals surface area contributed by atoms with Gasteiger partial charge in [-0.1, -0.05) is 11.6 Å². The quantitative estimate of drug-likeness (QED) is 0.511. The van der Waals surface area contributed by atoms with Crippen LogP contribution in [-0.2, 0) is 14.3 Å². The molecule has 0 saturated heterocycles. The van der Waals surface area contributed by atoms with E-state index in [-0.39, 0.29) is 22.0 Å². The minimum atomic E-state index is -3.04. The van der Waals surface area contributed by atoms with Crippen LogP contribution in [0.2, 0.25) is 5.02 Å².